The lowest BCUT2D eigenvalue weighted by molar-refractivity contribution is 0.102. The van der Waals surface area contributed by atoms with Crippen LogP contribution in [0.15, 0.2) is 24.3 Å². The third kappa shape index (κ3) is 3.12. The van der Waals surface area contributed by atoms with E-state index in [1.807, 2.05) is 25.2 Å². The highest BCUT2D eigenvalue weighted by molar-refractivity contribution is 6.31. The maximum Gasteiger partial charge on any atom is 0.278 e. The molecule has 0 radical (unpaired) electrons. The lowest BCUT2D eigenvalue weighted by Crippen LogP contribution is -2.26. The highest BCUT2D eigenvalue weighted by Gasteiger charge is 2.20. The molecule has 0 aliphatic carbocycles. The number of nitrogens with zero attached hydrogens (tertiary/aromatic N) is 3. The normalized spacial score (nSPS) is 15.6. The standard InChI is InChI=1S/C17H19ClN6O/c1-24-15-8-11(18)2-3-12(15)20-17(24)21-16(25)14-9-13(22-23-14)10-4-6-19-7-5-10/h2-3,8-10,19H,4-7H2,1H3,(H,22,23)(H,20,21,25). The fourth-order valence-electron chi connectivity index (χ4n) is 3.24. The molecular formula is C17H19ClN6O. The van der Waals surface area contributed by atoms with E-state index in [9.17, 15) is 4.79 Å². The van der Waals surface area contributed by atoms with Gasteiger partial charge in [0, 0.05) is 23.7 Å². The van der Waals surface area contributed by atoms with Gasteiger partial charge in [0.1, 0.15) is 0 Å². The molecule has 4 rings (SSSR count). The fraction of sp³-hybridized carbons (Fsp3) is 0.353. The minimum absolute atomic E-state index is 0.277. The number of imidazole rings is 1. The van der Waals surface area contributed by atoms with Gasteiger partial charge in [-0.25, -0.2) is 4.98 Å². The van der Waals surface area contributed by atoms with E-state index in [0.29, 0.717) is 22.6 Å². The van der Waals surface area contributed by atoms with Gasteiger partial charge in [-0.05, 0) is 50.2 Å². The first-order chi connectivity index (χ1) is 12.1. The van der Waals surface area contributed by atoms with Crippen molar-refractivity contribution < 1.29 is 4.79 Å². The Bertz CT molecular complexity index is 925. The van der Waals surface area contributed by atoms with E-state index >= 15 is 0 Å². The largest absolute Gasteiger partial charge is 0.317 e. The minimum Gasteiger partial charge on any atom is -0.317 e. The van der Waals surface area contributed by atoms with E-state index in [1.54, 1.807) is 10.6 Å². The van der Waals surface area contributed by atoms with Gasteiger partial charge in [0.25, 0.3) is 5.91 Å². The molecule has 7 nitrogen and oxygen atoms in total. The van der Waals surface area contributed by atoms with Crippen molar-refractivity contribution in [1.29, 1.82) is 0 Å². The van der Waals surface area contributed by atoms with Crippen molar-refractivity contribution in [3.05, 3.63) is 40.7 Å². The van der Waals surface area contributed by atoms with Crippen LogP contribution in [0.4, 0.5) is 5.95 Å². The summed E-state index contributed by atoms with van der Waals surface area (Å²) in [7, 11) is 1.84. The summed E-state index contributed by atoms with van der Waals surface area (Å²) in [6.45, 7) is 1.99. The zero-order chi connectivity index (χ0) is 17.4. The van der Waals surface area contributed by atoms with Gasteiger partial charge in [0.05, 0.1) is 11.0 Å². The summed E-state index contributed by atoms with van der Waals surface area (Å²) in [5.41, 5.74) is 3.03. The number of benzene rings is 1. The van der Waals surface area contributed by atoms with Crippen LogP contribution < -0.4 is 10.6 Å². The van der Waals surface area contributed by atoms with Crippen LogP contribution in [-0.4, -0.2) is 38.7 Å². The van der Waals surface area contributed by atoms with Crippen molar-refractivity contribution >= 4 is 34.5 Å². The number of aryl methyl sites for hydroxylation is 1. The molecule has 0 spiro atoms. The predicted molar refractivity (Wildman–Crippen MR) is 97.1 cm³/mol. The summed E-state index contributed by atoms with van der Waals surface area (Å²) in [5, 5.41) is 14.0. The number of halogens is 1. The second kappa shape index (κ2) is 6.50. The van der Waals surface area contributed by atoms with Gasteiger partial charge in [0.15, 0.2) is 5.69 Å². The number of rotatable bonds is 3. The molecule has 1 aromatic carbocycles. The molecule has 2 aromatic heterocycles. The SMILES string of the molecule is Cn1c(NC(=O)c2cc(C3CCNCC3)[nH]n2)nc2ccc(Cl)cc21. The molecule has 0 unspecified atom stereocenters. The second-order valence-corrected chi connectivity index (χ2v) is 6.75. The monoisotopic (exact) mass is 358 g/mol. The predicted octanol–water partition coefficient (Wildman–Crippen LogP) is 2.67. The van der Waals surface area contributed by atoms with Crippen LogP contribution in [0.5, 0.6) is 0 Å². The molecule has 1 aliphatic rings. The first-order valence-corrected chi connectivity index (χ1v) is 8.69. The number of fused-ring (bicyclic) bond motifs is 1. The van der Waals surface area contributed by atoms with Gasteiger partial charge in [-0.2, -0.15) is 5.10 Å². The van der Waals surface area contributed by atoms with Crippen molar-refractivity contribution in [1.82, 2.24) is 25.1 Å². The first kappa shape index (κ1) is 16.1. The molecule has 130 valence electrons. The molecule has 3 aromatic rings. The Kier molecular flexibility index (Phi) is 4.19. The van der Waals surface area contributed by atoms with E-state index in [-0.39, 0.29) is 5.91 Å². The Balaban J connectivity index is 1.54. The molecule has 0 atom stereocenters. The molecule has 3 N–H and O–H groups in total. The van der Waals surface area contributed by atoms with Crippen LogP contribution in [0, 0.1) is 0 Å². The minimum atomic E-state index is -0.277. The van der Waals surface area contributed by atoms with Crippen molar-refractivity contribution in [2.24, 2.45) is 7.05 Å². The molecule has 1 aliphatic heterocycles. The fourth-order valence-corrected chi connectivity index (χ4v) is 3.40. The number of aromatic nitrogens is 4. The number of aromatic amines is 1. The Labute approximate surface area is 149 Å². The van der Waals surface area contributed by atoms with Gasteiger partial charge in [-0.3, -0.25) is 15.2 Å². The lowest BCUT2D eigenvalue weighted by atomic mass is 9.94. The van der Waals surface area contributed by atoms with Crippen LogP contribution in [0.2, 0.25) is 5.02 Å². The van der Waals surface area contributed by atoms with E-state index in [0.717, 1.165) is 42.7 Å². The van der Waals surface area contributed by atoms with Crippen LogP contribution in [0.1, 0.15) is 34.9 Å². The average Bonchev–Trinajstić information content (AvgIpc) is 3.23. The van der Waals surface area contributed by atoms with Crippen LogP contribution in [0.25, 0.3) is 11.0 Å². The Morgan fingerprint density at radius 1 is 1.32 bits per heavy atom. The number of carbonyl (C=O) groups excluding carboxylic acids is 1. The Hall–Kier alpha value is -2.38. The van der Waals surface area contributed by atoms with Crippen molar-refractivity contribution in [2.45, 2.75) is 18.8 Å². The number of H-pyrrole nitrogens is 1. The average molecular weight is 359 g/mol. The number of anilines is 1. The topological polar surface area (TPSA) is 87.6 Å². The van der Waals surface area contributed by atoms with Gasteiger partial charge in [-0.1, -0.05) is 11.6 Å². The quantitative estimate of drug-likeness (QED) is 0.671. The van der Waals surface area contributed by atoms with Crippen LogP contribution in [-0.2, 0) is 7.05 Å². The molecule has 1 saturated heterocycles. The van der Waals surface area contributed by atoms with Gasteiger partial charge in [-0.15, -0.1) is 0 Å². The third-order valence-corrected chi connectivity index (χ3v) is 4.91. The number of nitrogens with one attached hydrogen (secondary N) is 3. The Morgan fingerprint density at radius 3 is 2.92 bits per heavy atom. The molecule has 0 saturated carbocycles. The zero-order valence-corrected chi connectivity index (χ0v) is 14.6. The van der Waals surface area contributed by atoms with Crippen molar-refractivity contribution in [3.63, 3.8) is 0 Å². The highest BCUT2D eigenvalue weighted by Crippen LogP contribution is 2.25. The second-order valence-electron chi connectivity index (χ2n) is 6.31. The smallest absolute Gasteiger partial charge is 0.278 e. The van der Waals surface area contributed by atoms with Crippen molar-refractivity contribution in [2.75, 3.05) is 18.4 Å². The number of piperidine rings is 1. The molecule has 3 heterocycles. The van der Waals surface area contributed by atoms with Crippen LogP contribution >= 0.6 is 11.6 Å². The third-order valence-electron chi connectivity index (χ3n) is 4.68. The number of hydrogen-bond acceptors (Lipinski definition) is 4. The zero-order valence-electron chi connectivity index (χ0n) is 13.8. The Morgan fingerprint density at radius 2 is 2.12 bits per heavy atom. The first-order valence-electron chi connectivity index (χ1n) is 8.31. The van der Waals surface area contributed by atoms with Crippen LogP contribution in [0.3, 0.4) is 0 Å². The molecule has 0 bridgehead atoms. The number of carbonyl (C=O) groups is 1. The summed E-state index contributed by atoms with van der Waals surface area (Å²) < 4.78 is 1.81. The summed E-state index contributed by atoms with van der Waals surface area (Å²) in [5.74, 6) is 0.614. The van der Waals surface area contributed by atoms with Crippen molar-refractivity contribution in [3.8, 4) is 0 Å². The maximum atomic E-state index is 12.5. The highest BCUT2D eigenvalue weighted by atomic mass is 35.5. The number of amides is 1. The molecular weight excluding hydrogens is 340 g/mol. The molecule has 1 amide bonds. The van der Waals surface area contributed by atoms with E-state index in [4.69, 9.17) is 11.6 Å². The van der Waals surface area contributed by atoms with E-state index < -0.39 is 0 Å². The van der Waals surface area contributed by atoms with E-state index in [2.05, 4.69) is 25.8 Å². The molecule has 8 heteroatoms. The molecule has 1 fully saturated rings. The lowest BCUT2D eigenvalue weighted by Gasteiger charge is -2.20. The van der Waals surface area contributed by atoms with Gasteiger partial charge >= 0.3 is 0 Å². The van der Waals surface area contributed by atoms with E-state index in [1.165, 1.54) is 0 Å². The summed E-state index contributed by atoms with van der Waals surface area (Å²) in [4.78, 5) is 17.0. The maximum absolute atomic E-state index is 12.5. The summed E-state index contributed by atoms with van der Waals surface area (Å²) in [6.07, 6.45) is 2.10. The summed E-state index contributed by atoms with van der Waals surface area (Å²) >= 11 is 6.03. The van der Waals surface area contributed by atoms with Gasteiger partial charge in [0.2, 0.25) is 5.95 Å². The summed E-state index contributed by atoms with van der Waals surface area (Å²) in [6, 6.07) is 7.27. The van der Waals surface area contributed by atoms with Gasteiger partial charge < -0.3 is 9.88 Å². The molecule has 25 heavy (non-hydrogen) atoms. The number of hydrogen-bond donors (Lipinski definition) is 3.